The first-order chi connectivity index (χ1) is 10.3. The minimum absolute atomic E-state index is 0.562. The van der Waals surface area contributed by atoms with Gasteiger partial charge in [0.2, 0.25) is 0 Å². The SMILES string of the molecule is CN(c1c(C#N)cccc1-c1cccs1)C1CCCCC1. The largest absolute Gasteiger partial charge is 0.370 e. The molecule has 1 saturated carbocycles. The van der Waals surface area contributed by atoms with Crippen molar-refractivity contribution in [2.45, 2.75) is 38.1 Å². The Kier molecular flexibility index (Phi) is 4.26. The molecule has 2 aromatic rings. The van der Waals surface area contributed by atoms with Gasteiger partial charge in [0.25, 0.3) is 0 Å². The van der Waals surface area contributed by atoms with Crippen molar-refractivity contribution in [3.63, 3.8) is 0 Å². The predicted molar refractivity (Wildman–Crippen MR) is 89.7 cm³/mol. The van der Waals surface area contributed by atoms with Gasteiger partial charge in [0.15, 0.2) is 0 Å². The van der Waals surface area contributed by atoms with Crippen LogP contribution in [0.3, 0.4) is 0 Å². The Labute approximate surface area is 130 Å². The van der Waals surface area contributed by atoms with E-state index in [0.717, 1.165) is 11.3 Å². The van der Waals surface area contributed by atoms with Gasteiger partial charge < -0.3 is 4.90 Å². The summed E-state index contributed by atoms with van der Waals surface area (Å²) in [6, 6.07) is 13.2. The molecule has 3 rings (SSSR count). The van der Waals surface area contributed by atoms with Gasteiger partial charge in [-0.2, -0.15) is 5.26 Å². The van der Waals surface area contributed by atoms with Gasteiger partial charge in [-0.1, -0.05) is 37.5 Å². The lowest BCUT2D eigenvalue weighted by atomic mass is 9.93. The van der Waals surface area contributed by atoms with E-state index in [-0.39, 0.29) is 0 Å². The van der Waals surface area contributed by atoms with Crippen LogP contribution in [0, 0.1) is 11.3 Å². The Morgan fingerprint density at radius 1 is 1.14 bits per heavy atom. The highest BCUT2D eigenvalue weighted by Gasteiger charge is 2.23. The van der Waals surface area contributed by atoms with E-state index in [1.54, 1.807) is 11.3 Å². The second kappa shape index (κ2) is 6.32. The van der Waals surface area contributed by atoms with Crippen molar-refractivity contribution in [3.05, 3.63) is 41.3 Å². The van der Waals surface area contributed by atoms with Crippen LogP contribution in [0.25, 0.3) is 10.4 Å². The van der Waals surface area contributed by atoms with Gasteiger partial charge >= 0.3 is 0 Å². The van der Waals surface area contributed by atoms with Crippen LogP contribution in [0.4, 0.5) is 5.69 Å². The first-order valence-electron chi connectivity index (χ1n) is 7.61. The minimum atomic E-state index is 0.562. The second-order valence-electron chi connectivity index (χ2n) is 5.69. The lowest BCUT2D eigenvalue weighted by Gasteiger charge is -2.34. The van der Waals surface area contributed by atoms with Gasteiger partial charge in [0.05, 0.1) is 11.3 Å². The molecule has 0 spiro atoms. The summed E-state index contributed by atoms with van der Waals surface area (Å²) in [4.78, 5) is 3.59. The van der Waals surface area contributed by atoms with Gasteiger partial charge in [-0.25, -0.2) is 0 Å². The number of rotatable bonds is 3. The molecule has 1 aliphatic carbocycles. The molecule has 0 saturated heterocycles. The third-order valence-corrected chi connectivity index (χ3v) is 5.32. The van der Waals surface area contributed by atoms with Gasteiger partial charge in [-0.3, -0.25) is 0 Å². The van der Waals surface area contributed by atoms with Crippen molar-refractivity contribution in [1.82, 2.24) is 0 Å². The summed E-state index contributed by atoms with van der Waals surface area (Å²) in [6.45, 7) is 0. The fourth-order valence-electron chi connectivity index (χ4n) is 3.30. The van der Waals surface area contributed by atoms with Gasteiger partial charge in [0, 0.05) is 23.5 Å². The fourth-order valence-corrected chi connectivity index (χ4v) is 4.05. The first-order valence-corrected chi connectivity index (χ1v) is 8.49. The fraction of sp³-hybridized carbons (Fsp3) is 0.389. The summed E-state index contributed by atoms with van der Waals surface area (Å²) in [7, 11) is 2.16. The highest BCUT2D eigenvalue weighted by atomic mass is 32.1. The summed E-state index contributed by atoms with van der Waals surface area (Å²) >= 11 is 1.74. The van der Waals surface area contributed by atoms with E-state index < -0.39 is 0 Å². The molecule has 0 radical (unpaired) electrons. The molecule has 1 aromatic carbocycles. The highest BCUT2D eigenvalue weighted by molar-refractivity contribution is 7.13. The molecule has 3 heteroatoms. The monoisotopic (exact) mass is 296 g/mol. The number of hydrogen-bond acceptors (Lipinski definition) is 3. The Morgan fingerprint density at radius 2 is 1.95 bits per heavy atom. The maximum atomic E-state index is 9.51. The van der Waals surface area contributed by atoms with Crippen molar-refractivity contribution in [2.24, 2.45) is 0 Å². The molecular weight excluding hydrogens is 276 g/mol. The summed E-state index contributed by atoms with van der Waals surface area (Å²) in [5, 5.41) is 11.6. The zero-order chi connectivity index (χ0) is 14.7. The van der Waals surface area contributed by atoms with E-state index in [2.05, 4.69) is 41.6 Å². The van der Waals surface area contributed by atoms with Crippen LogP contribution in [0.15, 0.2) is 35.7 Å². The van der Waals surface area contributed by atoms with Gasteiger partial charge in [-0.15, -0.1) is 11.3 Å². The molecule has 1 aromatic heterocycles. The first kappa shape index (κ1) is 14.2. The lowest BCUT2D eigenvalue weighted by molar-refractivity contribution is 0.427. The molecule has 0 N–H and O–H groups in total. The van der Waals surface area contributed by atoms with Crippen LogP contribution in [-0.2, 0) is 0 Å². The molecule has 1 heterocycles. The van der Waals surface area contributed by atoms with Crippen LogP contribution >= 0.6 is 11.3 Å². The Hall–Kier alpha value is -1.79. The number of para-hydroxylation sites is 1. The number of nitrogens with zero attached hydrogens (tertiary/aromatic N) is 2. The molecular formula is C18H20N2S. The molecule has 21 heavy (non-hydrogen) atoms. The standard InChI is InChI=1S/C18H20N2S/c1-20(15-8-3-2-4-9-15)18-14(13-19)7-5-10-16(18)17-11-6-12-21-17/h5-7,10-12,15H,2-4,8-9H2,1H3. The van der Waals surface area contributed by atoms with E-state index in [4.69, 9.17) is 0 Å². The molecule has 0 aliphatic heterocycles. The molecule has 108 valence electrons. The molecule has 2 nitrogen and oxygen atoms in total. The Morgan fingerprint density at radius 3 is 2.62 bits per heavy atom. The molecule has 0 amide bonds. The molecule has 1 aliphatic rings. The summed E-state index contributed by atoms with van der Waals surface area (Å²) in [5.74, 6) is 0. The van der Waals surface area contributed by atoms with Crippen molar-refractivity contribution < 1.29 is 0 Å². The number of thiophene rings is 1. The maximum Gasteiger partial charge on any atom is 0.101 e. The molecule has 0 unspecified atom stereocenters. The topological polar surface area (TPSA) is 27.0 Å². The number of nitriles is 1. The van der Waals surface area contributed by atoms with E-state index in [0.29, 0.717) is 6.04 Å². The second-order valence-corrected chi connectivity index (χ2v) is 6.64. The molecule has 0 bridgehead atoms. The lowest BCUT2D eigenvalue weighted by Crippen LogP contribution is -2.34. The average Bonchev–Trinajstić information content (AvgIpc) is 3.08. The van der Waals surface area contributed by atoms with Crippen molar-refractivity contribution in [2.75, 3.05) is 11.9 Å². The van der Waals surface area contributed by atoms with Crippen LogP contribution in [0.2, 0.25) is 0 Å². The highest BCUT2D eigenvalue weighted by Crippen LogP contribution is 2.38. The zero-order valence-corrected chi connectivity index (χ0v) is 13.2. The number of hydrogen-bond donors (Lipinski definition) is 0. The third kappa shape index (κ3) is 2.82. The van der Waals surface area contributed by atoms with Crippen molar-refractivity contribution in [3.8, 4) is 16.5 Å². The minimum Gasteiger partial charge on any atom is -0.370 e. The van der Waals surface area contributed by atoms with E-state index in [9.17, 15) is 5.26 Å². The maximum absolute atomic E-state index is 9.51. The van der Waals surface area contributed by atoms with Crippen LogP contribution in [0.1, 0.15) is 37.7 Å². The summed E-state index contributed by atoms with van der Waals surface area (Å²) < 4.78 is 0. The van der Waals surface area contributed by atoms with Crippen LogP contribution in [-0.4, -0.2) is 13.1 Å². The van der Waals surface area contributed by atoms with Crippen molar-refractivity contribution >= 4 is 17.0 Å². The molecule has 1 fully saturated rings. The van der Waals surface area contributed by atoms with E-state index in [1.807, 2.05) is 12.1 Å². The number of benzene rings is 1. The number of anilines is 1. The average molecular weight is 296 g/mol. The van der Waals surface area contributed by atoms with Gasteiger partial charge in [0.1, 0.15) is 6.07 Å². The van der Waals surface area contributed by atoms with E-state index >= 15 is 0 Å². The summed E-state index contributed by atoms with van der Waals surface area (Å²) in [5.41, 5.74) is 3.08. The van der Waals surface area contributed by atoms with Crippen molar-refractivity contribution in [1.29, 1.82) is 5.26 Å². The summed E-state index contributed by atoms with van der Waals surface area (Å²) in [6.07, 6.45) is 6.43. The molecule has 0 atom stereocenters. The quantitative estimate of drug-likeness (QED) is 0.792. The van der Waals surface area contributed by atoms with Gasteiger partial charge in [-0.05, 0) is 30.4 Å². The zero-order valence-electron chi connectivity index (χ0n) is 12.4. The smallest absolute Gasteiger partial charge is 0.101 e. The predicted octanol–water partition coefficient (Wildman–Crippen LogP) is 5.06. The van der Waals surface area contributed by atoms with Crippen LogP contribution < -0.4 is 4.90 Å². The Balaban J connectivity index is 2.05. The Bertz CT molecular complexity index is 634. The third-order valence-electron chi connectivity index (χ3n) is 4.42. The normalized spacial score (nSPS) is 15.6. The van der Waals surface area contributed by atoms with E-state index in [1.165, 1.54) is 42.5 Å². The van der Waals surface area contributed by atoms with Crippen LogP contribution in [0.5, 0.6) is 0 Å².